The van der Waals surface area contributed by atoms with Crippen LogP contribution < -0.4 is 0 Å². The largest absolute Gasteiger partial charge is 0.343 e. The van der Waals surface area contributed by atoms with E-state index in [2.05, 4.69) is 9.97 Å². The molecule has 2 nitrogen and oxygen atoms in total. The molecule has 0 radical (unpaired) electrons. The molecule has 1 aliphatic rings. The summed E-state index contributed by atoms with van der Waals surface area (Å²) in [4.78, 5) is 7.23. The number of hydrogen-bond donors (Lipinski definition) is 1. The minimum atomic E-state index is -1.48. The summed E-state index contributed by atoms with van der Waals surface area (Å²) >= 11 is 5.23. The summed E-state index contributed by atoms with van der Waals surface area (Å²) in [6.07, 6.45) is 3.80. The van der Waals surface area contributed by atoms with E-state index in [1.54, 1.807) is 0 Å². The van der Waals surface area contributed by atoms with Gasteiger partial charge in [0, 0.05) is 16.8 Å². The number of nitrogens with zero attached hydrogens (tertiary/aromatic N) is 1. The maximum Gasteiger partial charge on any atom is 0.194 e. The molecule has 6 heteroatoms. The zero-order chi connectivity index (χ0) is 14.3. The number of nitrogens with one attached hydrogen (secondary N) is 1. The van der Waals surface area contributed by atoms with Crippen LogP contribution in [0.3, 0.4) is 0 Å². The minimum Gasteiger partial charge on any atom is -0.343 e. The van der Waals surface area contributed by atoms with Crippen LogP contribution in [0.4, 0.5) is 13.2 Å². The fraction of sp³-hybridized carbons (Fsp3) is 0.286. The lowest BCUT2D eigenvalue weighted by atomic mass is 9.97. The molecule has 1 N–H and O–H groups in total. The molecule has 104 valence electrons. The third kappa shape index (κ3) is 2.24. The lowest BCUT2D eigenvalue weighted by Gasteiger charge is -2.16. The summed E-state index contributed by atoms with van der Waals surface area (Å²) in [5, 5.41) is 0. The quantitative estimate of drug-likeness (QED) is 0.634. The summed E-state index contributed by atoms with van der Waals surface area (Å²) < 4.78 is 40.0. The van der Waals surface area contributed by atoms with Gasteiger partial charge in [-0.1, -0.05) is 12.2 Å². The van der Waals surface area contributed by atoms with E-state index in [1.165, 1.54) is 0 Å². The van der Waals surface area contributed by atoms with Gasteiger partial charge in [0.05, 0.1) is 0 Å². The van der Waals surface area contributed by atoms with E-state index in [4.69, 9.17) is 12.2 Å². The average molecular weight is 296 g/mol. The number of halogens is 3. The smallest absolute Gasteiger partial charge is 0.194 e. The van der Waals surface area contributed by atoms with Crippen LogP contribution in [0.5, 0.6) is 0 Å². The van der Waals surface area contributed by atoms with Gasteiger partial charge in [0.1, 0.15) is 10.5 Å². The van der Waals surface area contributed by atoms with E-state index in [0.717, 1.165) is 49.1 Å². The van der Waals surface area contributed by atoms with Crippen LogP contribution in [0, 0.1) is 22.1 Å². The van der Waals surface area contributed by atoms with Crippen LogP contribution in [-0.2, 0) is 12.8 Å². The highest BCUT2D eigenvalue weighted by Crippen LogP contribution is 2.25. The Kier molecular flexibility index (Phi) is 3.33. The molecular weight excluding hydrogens is 285 g/mol. The van der Waals surface area contributed by atoms with Gasteiger partial charge in [-0.3, -0.25) is 0 Å². The molecule has 0 bridgehead atoms. The standard InChI is InChI=1S/C14H11F3N2S/c15-9-5-7(6-10(16)12(9)17)13-18-11-4-2-1-3-8(11)14(20)19-13/h5-6H,1-4H2,(H,18,19,20). The van der Waals surface area contributed by atoms with Crippen LogP contribution in [0.2, 0.25) is 0 Å². The molecule has 0 spiro atoms. The van der Waals surface area contributed by atoms with E-state index in [-0.39, 0.29) is 11.4 Å². The first-order valence-electron chi connectivity index (χ1n) is 6.33. The van der Waals surface area contributed by atoms with Crippen LogP contribution in [0.25, 0.3) is 11.4 Å². The van der Waals surface area contributed by atoms with Gasteiger partial charge in [-0.15, -0.1) is 0 Å². The first-order chi connectivity index (χ1) is 9.56. The fourth-order valence-corrected chi connectivity index (χ4v) is 2.76. The van der Waals surface area contributed by atoms with Crippen molar-refractivity contribution >= 4 is 12.2 Å². The molecule has 0 atom stereocenters. The number of aryl methyl sites for hydroxylation is 1. The van der Waals surface area contributed by atoms with Crippen molar-refractivity contribution in [2.45, 2.75) is 25.7 Å². The van der Waals surface area contributed by atoms with Crippen LogP contribution >= 0.6 is 12.2 Å². The zero-order valence-corrected chi connectivity index (χ0v) is 11.3. The van der Waals surface area contributed by atoms with E-state index in [9.17, 15) is 13.2 Å². The van der Waals surface area contributed by atoms with Crippen LogP contribution in [-0.4, -0.2) is 9.97 Å². The van der Waals surface area contributed by atoms with Crippen molar-refractivity contribution in [2.75, 3.05) is 0 Å². The number of aromatic amines is 1. The highest BCUT2D eigenvalue weighted by Gasteiger charge is 2.16. The topological polar surface area (TPSA) is 28.7 Å². The number of rotatable bonds is 1. The van der Waals surface area contributed by atoms with Crippen LogP contribution in [0.1, 0.15) is 24.1 Å². The molecule has 0 saturated carbocycles. The zero-order valence-electron chi connectivity index (χ0n) is 10.5. The number of H-pyrrole nitrogens is 1. The van der Waals surface area contributed by atoms with Crippen molar-refractivity contribution in [3.05, 3.63) is 45.5 Å². The molecule has 1 aromatic heterocycles. The SMILES string of the molecule is Fc1cc(-c2nc(=S)c3c([nH]2)CCCC3)cc(F)c1F. The molecule has 1 aromatic carbocycles. The van der Waals surface area contributed by atoms with Crippen molar-refractivity contribution in [1.29, 1.82) is 0 Å². The van der Waals surface area contributed by atoms with Crippen molar-refractivity contribution in [2.24, 2.45) is 0 Å². The van der Waals surface area contributed by atoms with Crippen molar-refractivity contribution in [1.82, 2.24) is 9.97 Å². The third-order valence-electron chi connectivity index (χ3n) is 3.47. The molecule has 0 unspecified atom stereocenters. The Morgan fingerprint density at radius 2 is 1.70 bits per heavy atom. The number of aromatic nitrogens is 2. The highest BCUT2D eigenvalue weighted by atomic mass is 32.1. The van der Waals surface area contributed by atoms with Crippen molar-refractivity contribution < 1.29 is 13.2 Å². The van der Waals surface area contributed by atoms with Gasteiger partial charge in [0.25, 0.3) is 0 Å². The lowest BCUT2D eigenvalue weighted by Crippen LogP contribution is -2.09. The van der Waals surface area contributed by atoms with E-state index in [1.807, 2.05) is 0 Å². The van der Waals surface area contributed by atoms with Gasteiger partial charge in [-0.2, -0.15) is 0 Å². The first-order valence-corrected chi connectivity index (χ1v) is 6.74. The Morgan fingerprint density at radius 3 is 2.40 bits per heavy atom. The third-order valence-corrected chi connectivity index (χ3v) is 3.80. The molecule has 0 amide bonds. The molecule has 0 saturated heterocycles. The first kappa shape index (κ1) is 13.3. The van der Waals surface area contributed by atoms with Crippen molar-refractivity contribution in [3.63, 3.8) is 0 Å². The highest BCUT2D eigenvalue weighted by molar-refractivity contribution is 7.71. The summed E-state index contributed by atoms with van der Waals surface area (Å²) in [5.74, 6) is -3.68. The molecule has 0 fully saturated rings. The summed E-state index contributed by atoms with van der Waals surface area (Å²) in [7, 11) is 0. The molecular formula is C14H11F3N2S. The van der Waals surface area contributed by atoms with Crippen molar-refractivity contribution in [3.8, 4) is 11.4 Å². The predicted molar refractivity (Wildman–Crippen MR) is 71.4 cm³/mol. The Labute approximate surface area is 118 Å². The monoisotopic (exact) mass is 296 g/mol. The molecule has 2 aromatic rings. The molecule has 0 aliphatic heterocycles. The summed E-state index contributed by atoms with van der Waals surface area (Å²) in [6, 6.07) is 1.84. The summed E-state index contributed by atoms with van der Waals surface area (Å²) in [5.41, 5.74) is 2.11. The van der Waals surface area contributed by atoms with E-state index >= 15 is 0 Å². The maximum absolute atomic E-state index is 13.3. The van der Waals surface area contributed by atoms with Gasteiger partial charge in [0.15, 0.2) is 17.5 Å². The summed E-state index contributed by atoms with van der Waals surface area (Å²) in [6.45, 7) is 0. The second-order valence-electron chi connectivity index (χ2n) is 4.81. The van der Waals surface area contributed by atoms with Crippen LogP contribution in [0.15, 0.2) is 12.1 Å². The second kappa shape index (κ2) is 5.01. The average Bonchev–Trinajstić information content (AvgIpc) is 2.44. The van der Waals surface area contributed by atoms with Gasteiger partial charge in [-0.05, 0) is 37.8 Å². The second-order valence-corrected chi connectivity index (χ2v) is 5.20. The Bertz CT molecular complexity index is 717. The maximum atomic E-state index is 13.3. The number of benzene rings is 1. The van der Waals surface area contributed by atoms with Gasteiger partial charge in [-0.25, -0.2) is 18.2 Å². The predicted octanol–water partition coefficient (Wildman–Crippen LogP) is 4.10. The Morgan fingerprint density at radius 1 is 1.05 bits per heavy atom. The van der Waals surface area contributed by atoms with Gasteiger partial charge >= 0.3 is 0 Å². The van der Waals surface area contributed by atoms with E-state index < -0.39 is 17.5 Å². The van der Waals surface area contributed by atoms with Gasteiger partial charge < -0.3 is 4.98 Å². The Balaban J connectivity index is 2.16. The molecule has 3 rings (SSSR count). The number of fused-ring (bicyclic) bond motifs is 1. The normalized spacial score (nSPS) is 14.2. The van der Waals surface area contributed by atoms with Gasteiger partial charge in [0.2, 0.25) is 0 Å². The molecule has 20 heavy (non-hydrogen) atoms. The Hall–Kier alpha value is -1.69. The number of hydrogen-bond acceptors (Lipinski definition) is 2. The lowest BCUT2D eigenvalue weighted by molar-refractivity contribution is 0.447. The molecule has 1 heterocycles. The minimum absolute atomic E-state index is 0.154. The van der Waals surface area contributed by atoms with E-state index in [0.29, 0.717) is 4.64 Å². The fourth-order valence-electron chi connectivity index (χ4n) is 2.45. The molecule has 1 aliphatic carbocycles.